The van der Waals surface area contributed by atoms with Gasteiger partial charge in [-0.3, -0.25) is 0 Å². The molecule has 4 heteroatoms. The highest BCUT2D eigenvalue weighted by molar-refractivity contribution is 6.12. The third kappa shape index (κ3) is 4.46. The Kier molecular flexibility index (Phi) is 6.46. The van der Waals surface area contributed by atoms with E-state index in [0.717, 1.165) is 50.5 Å². The molecule has 50 heavy (non-hydrogen) atoms. The SMILES string of the molecule is c1ccc(-c2cc(-c3ccccc3-n3c4ccccc4c4ccc(-n5c6ccccc6c6ccccc65)cc43)nc(-c3ccccc3)n2)cc1. The van der Waals surface area contributed by atoms with Crippen LogP contribution in [0, 0.1) is 0 Å². The molecule has 234 valence electrons. The fourth-order valence-corrected chi connectivity index (χ4v) is 7.50. The molecule has 0 bridgehead atoms. The van der Waals surface area contributed by atoms with Crippen molar-refractivity contribution in [3.8, 4) is 45.3 Å². The summed E-state index contributed by atoms with van der Waals surface area (Å²) in [6, 6.07) is 64.3. The van der Waals surface area contributed by atoms with Gasteiger partial charge in [0.2, 0.25) is 0 Å². The van der Waals surface area contributed by atoms with Crippen LogP contribution in [0.3, 0.4) is 0 Å². The second kappa shape index (κ2) is 11.4. The topological polar surface area (TPSA) is 35.6 Å². The Morgan fingerprint density at radius 1 is 0.340 bits per heavy atom. The molecule has 0 fully saturated rings. The highest BCUT2D eigenvalue weighted by Gasteiger charge is 2.19. The van der Waals surface area contributed by atoms with Crippen molar-refractivity contribution >= 4 is 43.6 Å². The van der Waals surface area contributed by atoms with E-state index in [0.29, 0.717) is 5.82 Å². The van der Waals surface area contributed by atoms with Crippen LogP contribution < -0.4 is 0 Å². The monoisotopic (exact) mass is 638 g/mol. The fraction of sp³-hybridized carbons (Fsp3) is 0. The van der Waals surface area contributed by atoms with E-state index in [-0.39, 0.29) is 0 Å². The summed E-state index contributed by atoms with van der Waals surface area (Å²) in [6.07, 6.45) is 0. The molecule has 10 rings (SSSR count). The molecular formula is C46H30N4. The van der Waals surface area contributed by atoms with E-state index in [4.69, 9.17) is 9.97 Å². The Balaban J connectivity index is 1.25. The van der Waals surface area contributed by atoms with Crippen molar-refractivity contribution in [3.63, 3.8) is 0 Å². The van der Waals surface area contributed by atoms with Gasteiger partial charge >= 0.3 is 0 Å². The van der Waals surface area contributed by atoms with Gasteiger partial charge in [0.1, 0.15) is 0 Å². The summed E-state index contributed by atoms with van der Waals surface area (Å²) < 4.78 is 4.80. The first-order valence-electron chi connectivity index (χ1n) is 16.9. The molecule has 0 unspecified atom stereocenters. The molecule has 0 N–H and O–H groups in total. The molecule has 0 atom stereocenters. The van der Waals surface area contributed by atoms with E-state index in [2.05, 4.69) is 167 Å². The summed E-state index contributed by atoms with van der Waals surface area (Å²) in [4.78, 5) is 10.3. The fourth-order valence-electron chi connectivity index (χ4n) is 7.50. The van der Waals surface area contributed by atoms with E-state index in [1.54, 1.807) is 0 Å². The molecule has 0 spiro atoms. The summed E-state index contributed by atoms with van der Waals surface area (Å²) >= 11 is 0. The van der Waals surface area contributed by atoms with E-state index in [9.17, 15) is 0 Å². The number of hydrogen-bond acceptors (Lipinski definition) is 2. The van der Waals surface area contributed by atoms with Crippen LogP contribution in [0.5, 0.6) is 0 Å². The van der Waals surface area contributed by atoms with Gasteiger partial charge < -0.3 is 9.13 Å². The highest BCUT2D eigenvalue weighted by Crippen LogP contribution is 2.39. The lowest BCUT2D eigenvalue weighted by Crippen LogP contribution is -2.01. The smallest absolute Gasteiger partial charge is 0.160 e. The van der Waals surface area contributed by atoms with Gasteiger partial charge in [-0.2, -0.15) is 0 Å². The zero-order valence-corrected chi connectivity index (χ0v) is 27.1. The van der Waals surface area contributed by atoms with Crippen LogP contribution in [0.25, 0.3) is 88.9 Å². The Labute approximate surface area is 289 Å². The summed E-state index contributed by atoms with van der Waals surface area (Å²) in [5, 5.41) is 4.92. The van der Waals surface area contributed by atoms with Gasteiger partial charge in [-0.15, -0.1) is 0 Å². The van der Waals surface area contributed by atoms with Crippen LogP contribution in [0.1, 0.15) is 0 Å². The molecule has 3 aromatic heterocycles. The van der Waals surface area contributed by atoms with Crippen LogP contribution in [0.4, 0.5) is 0 Å². The molecule has 0 radical (unpaired) electrons. The predicted molar refractivity (Wildman–Crippen MR) is 207 cm³/mol. The Hall–Kier alpha value is -6.78. The first-order chi connectivity index (χ1) is 24.8. The van der Waals surface area contributed by atoms with Gasteiger partial charge in [0.05, 0.1) is 39.1 Å². The normalized spacial score (nSPS) is 11.6. The van der Waals surface area contributed by atoms with Crippen molar-refractivity contribution in [2.75, 3.05) is 0 Å². The van der Waals surface area contributed by atoms with Gasteiger partial charge in [-0.05, 0) is 42.5 Å². The maximum atomic E-state index is 5.23. The molecule has 7 aromatic carbocycles. The second-order valence-electron chi connectivity index (χ2n) is 12.6. The first kappa shape index (κ1) is 28.3. The molecular weight excluding hydrogens is 609 g/mol. The lowest BCUT2D eigenvalue weighted by Gasteiger charge is -2.16. The summed E-state index contributed by atoms with van der Waals surface area (Å²) in [5.41, 5.74) is 11.7. The number of rotatable bonds is 5. The summed E-state index contributed by atoms with van der Waals surface area (Å²) in [6.45, 7) is 0. The standard InChI is InChI=1S/C46H30N4/c1-3-15-31(16-4-1)39-30-40(48-46(47-39)32-17-5-2-6-18-32)38-22-10-14-26-44(38)50-43-25-13-9-21-36(43)37-28-27-33(29-45(37)50)49-41-23-11-7-19-34(41)35-20-8-12-24-42(35)49/h1-30H. The Morgan fingerprint density at radius 3 is 1.50 bits per heavy atom. The van der Waals surface area contributed by atoms with Crippen molar-refractivity contribution < 1.29 is 0 Å². The number of nitrogens with zero attached hydrogens (tertiary/aromatic N) is 4. The van der Waals surface area contributed by atoms with Gasteiger partial charge in [-0.1, -0.05) is 140 Å². The molecule has 0 saturated heterocycles. The van der Waals surface area contributed by atoms with Crippen molar-refractivity contribution in [2.24, 2.45) is 0 Å². The zero-order chi connectivity index (χ0) is 33.0. The van der Waals surface area contributed by atoms with Gasteiger partial charge in [-0.25, -0.2) is 9.97 Å². The Bertz CT molecular complexity index is 2750. The van der Waals surface area contributed by atoms with Crippen molar-refractivity contribution in [1.29, 1.82) is 0 Å². The minimum Gasteiger partial charge on any atom is -0.309 e. The average molecular weight is 639 g/mol. The van der Waals surface area contributed by atoms with E-state index in [1.807, 2.05) is 24.3 Å². The molecule has 10 aromatic rings. The summed E-state index contributed by atoms with van der Waals surface area (Å²) in [7, 11) is 0. The van der Waals surface area contributed by atoms with Crippen LogP contribution >= 0.6 is 0 Å². The molecule has 0 aliphatic heterocycles. The molecule has 3 heterocycles. The molecule has 0 aliphatic carbocycles. The number of para-hydroxylation sites is 4. The molecule has 0 saturated carbocycles. The van der Waals surface area contributed by atoms with Crippen LogP contribution in [-0.2, 0) is 0 Å². The largest absolute Gasteiger partial charge is 0.309 e. The van der Waals surface area contributed by atoms with E-state index in [1.165, 1.54) is 32.6 Å². The molecule has 0 amide bonds. The van der Waals surface area contributed by atoms with E-state index < -0.39 is 0 Å². The molecule has 4 nitrogen and oxygen atoms in total. The minimum atomic E-state index is 0.702. The zero-order valence-electron chi connectivity index (χ0n) is 27.1. The number of benzene rings is 7. The van der Waals surface area contributed by atoms with Crippen molar-refractivity contribution in [1.82, 2.24) is 19.1 Å². The van der Waals surface area contributed by atoms with Gasteiger partial charge in [0.25, 0.3) is 0 Å². The highest BCUT2D eigenvalue weighted by atomic mass is 15.0. The predicted octanol–water partition coefficient (Wildman–Crippen LogP) is 11.7. The quantitative estimate of drug-likeness (QED) is 0.188. The minimum absolute atomic E-state index is 0.702. The second-order valence-corrected chi connectivity index (χ2v) is 12.6. The number of hydrogen-bond donors (Lipinski definition) is 0. The lowest BCUT2D eigenvalue weighted by atomic mass is 10.0. The van der Waals surface area contributed by atoms with Crippen LogP contribution in [0.15, 0.2) is 182 Å². The van der Waals surface area contributed by atoms with E-state index >= 15 is 0 Å². The average Bonchev–Trinajstić information content (AvgIpc) is 3.71. The van der Waals surface area contributed by atoms with Crippen molar-refractivity contribution in [2.45, 2.75) is 0 Å². The number of fused-ring (bicyclic) bond motifs is 6. The third-order valence-corrected chi connectivity index (χ3v) is 9.74. The van der Waals surface area contributed by atoms with Crippen molar-refractivity contribution in [3.05, 3.63) is 182 Å². The van der Waals surface area contributed by atoms with Crippen LogP contribution in [-0.4, -0.2) is 19.1 Å². The first-order valence-corrected chi connectivity index (χ1v) is 16.9. The number of aromatic nitrogens is 4. The maximum absolute atomic E-state index is 5.23. The van der Waals surface area contributed by atoms with Crippen LogP contribution in [0.2, 0.25) is 0 Å². The van der Waals surface area contributed by atoms with Gasteiger partial charge in [0.15, 0.2) is 5.82 Å². The Morgan fingerprint density at radius 2 is 0.840 bits per heavy atom. The van der Waals surface area contributed by atoms with Gasteiger partial charge in [0, 0.05) is 43.9 Å². The lowest BCUT2D eigenvalue weighted by molar-refractivity contribution is 1.14. The molecule has 0 aliphatic rings. The maximum Gasteiger partial charge on any atom is 0.160 e. The summed E-state index contributed by atoms with van der Waals surface area (Å²) in [5.74, 6) is 0.702. The third-order valence-electron chi connectivity index (χ3n) is 9.74.